The summed E-state index contributed by atoms with van der Waals surface area (Å²) in [6, 6.07) is 17.6. The molecule has 0 unspecified atom stereocenters. The van der Waals surface area contributed by atoms with E-state index in [0.29, 0.717) is 18.1 Å². The van der Waals surface area contributed by atoms with E-state index in [2.05, 4.69) is 10.2 Å². The van der Waals surface area contributed by atoms with Gasteiger partial charge in [0.25, 0.3) is 0 Å². The Morgan fingerprint density at radius 3 is 2.76 bits per heavy atom. The van der Waals surface area contributed by atoms with E-state index in [1.807, 2.05) is 77.5 Å². The van der Waals surface area contributed by atoms with Crippen molar-refractivity contribution in [3.05, 3.63) is 66.2 Å². The molecule has 0 spiro atoms. The van der Waals surface area contributed by atoms with Crippen LogP contribution in [0.2, 0.25) is 0 Å². The molecule has 0 N–H and O–H groups in total. The van der Waals surface area contributed by atoms with Crippen LogP contribution in [0.1, 0.15) is 6.92 Å². The minimum Gasteiger partial charge on any atom is -0.492 e. The van der Waals surface area contributed by atoms with E-state index in [-0.39, 0.29) is 0 Å². The van der Waals surface area contributed by atoms with Crippen LogP contribution >= 0.6 is 11.3 Å². The van der Waals surface area contributed by atoms with E-state index in [9.17, 15) is 0 Å². The van der Waals surface area contributed by atoms with Crippen molar-refractivity contribution >= 4 is 28.5 Å². The van der Waals surface area contributed by atoms with E-state index in [1.54, 1.807) is 11.3 Å². The predicted molar refractivity (Wildman–Crippen MR) is 100 cm³/mol. The molecule has 0 saturated carbocycles. The van der Waals surface area contributed by atoms with Crippen molar-refractivity contribution in [2.45, 2.75) is 6.92 Å². The van der Waals surface area contributed by atoms with Crippen LogP contribution in [0, 0.1) is 0 Å². The summed E-state index contributed by atoms with van der Waals surface area (Å²) >= 11 is 1.64. The zero-order valence-electron chi connectivity index (χ0n) is 13.7. The van der Waals surface area contributed by atoms with Gasteiger partial charge in [-0.05, 0) is 42.6 Å². The lowest BCUT2D eigenvalue weighted by Crippen LogP contribution is -1.90. The summed E-state index contributed by atoms with van der Waals surface area (Å²) < 4.78 is 7.57. The van der Waals surface area contributed by atoms with Crippen LogP contribution in [0.5, 0.6) is 5.75 Å². The first-order chi connectivity index (χ1) is 12.4. The van der Waals surface area contributed by atoms with Crippen LogP contribution in [-0.4, -0.2) is 16.0 Å². The molecule has 3 heterocycles. The Hall–Kier alpha value is -2.99. The Morgan fingerprint density at radius 2 is 1.92 bits per heavy atom. The standard InChI is InChI=1S/C19H16N4OS/c1-2-24-15-9-4-3-8-14(15)21-22-19-18(16-10-7-13-25-16)20-17-11-5-6-12-23(17)19/h3-13H,2H2,1H3. The number of hydrogen-bond acceptors (Lipinski definition) is 5. The Labute approximate surface area is 149 Å². The molecule has 5 nitrogen and oxygen atoms in total. The van der Waals surface area contributed by atoms with Crippen molar-refractivity contribution in [3.8, 4) is 16.3 Å². The number of rotatable bonds is 5. The van der Waals surface area contributed by atoms with Gasteiger partial charge in [0.15, 0.2) is 5.82 Å². The number of hydrogen-bond donors (Lipinski definition) is 0. The number of fused-ring (bicyclic) bond motifs is 1. The Morgan fingerprint density at radius 1 is 1.04 bits per heavy atom. The van der Waals surface area contributed by atoms with Crippen molar-refractivity contribution in [2.75, 3.05) is 6.61 Å². The number of thiophene rings is 1. The Balaban J connectivity index is 1.83. The molecule has 124 valence electrons. The van der Waals surface area contributed by atoms with Gasteiger partial charge in [-0.3, -0.25) is 4.40 Å². The lowest BCUT2D eigenvalue weighted by molar-refractivity contribution is 0.341. The van der Waals surface area contributed by atoms with Crippen molar-refractivity contribution in [1.82, 2.24) is 9.38 Å². The molecule has 0 radical (unpaired) electrons. The summed E-state index contributed by atoms with van der Waals surface area (Å²) in [4.78, 5) is 5.78. The molecule has 6 heteroatoms. The van der Waals surface area contributed by atoms with Gasteiger partial charge in [-0.15, -0.1) is 21.6 Å². The normalized spacial score (nSPS) is 11.4. The average molecular weight is 348 g/mol. The molecule has 0 aliphatic heterocycles. The second-order valence-electron chi connectivity index (χ2n) is 5.29. The molecule has 4 rings (SSSR count). The van der Waals surface area contributed by atoms with Gasteiger partial charge in [-0.25, -0.2) is 4.98 Å². The second-order valence-corrected chi connectivity index (χ2v) is 6.24. The highest BCUT2D eigenvalue weighted by Gasteiger charge is 2.14. The first-order valence-corrected chi connectivity index (χ1v) is 8.89. The predicted octanol–water partition coefficient (Wildman–Crippen LogP) is 5.88. The van der Waals surface area contributed by atoms with E-state index in [1.165, 1.54) is 0 Å². The molecule has 0 aliphatic rings. The molecular formula is C19H16N4OS. The van der Waals surface area contributed by atoms with Gasteiger partial charge >= 0.3 is 0 Å². The highest BCUT2D eigenvalue weighted by molar-refractivity contribution is 7.13. The average Bonchev–Trinajstić information content (AvgIpc) is 3.29. The summed E-state index contributed by atoms with van der Waals surface area (Å²) in [6.45, 7) is 2.54. The zero-order chi connectivity index (χ0) is 17.1. The summed E-state index contributed by atoms with van der Waals surface area (Å²) in [5, 5.41) is 11.0. The van der Waals surface area contributed by atoms with Gasteiger partial charge in [-0.1, -0.05) is 24.3 Å². The number of imidazole rings is 1. The third-order valence-electron chi connectivity index (χ3n) is 3.68. The van der Waals surface area contributed by atoms with E-state index in [0.717, 1.165) is 22.0 Å². The number of ether oxygens (including phenoxy) is 1. The van der Waals surface area contributed by atoms with Crippen molar-refractivity contribution in [2.24, 2.45) is 10.2 Å². The van der Waals surface area contributed by atoms with Crippen LogP contribution in [0.25, 0.3) is 16.2 Å². The van der Waals surface area contributed by atoms with Crippen molar-refractivity contribution in [3.63, 3.8) is 0 Å². The maximum atomic E-state index is 5.62. The Kier molecular flexibility index (Phi) is 4.26. The van der Waals surface area contributed by atoms with Crippen LogP contribution in [0.4, 0.5) is 11.5 Å². The molecular weight excluding hydrogens is 332 g/mol. The second kappa shape index (κ2) is 6.86. The van der Waals surface area contributed by atoms with Gasteiger partial charge in [0.1, 0.15) is 22.8 Å². The fourth-order valence-corrected chi connectivity index (χ4v) is 3.29. The number of azo groups is 1. The molecule has 0 amide bonds. The molecule has 3 aromatic heterocycles. The summed E-state index contributed by atoms with van der Waals surface area (Å²) in [5.74, 6) is 1.43. The zero-order valence-corrected chi connectivity index (χ0v) is 14.5. The van der Waals surface area contributed by atoms with E-state index < -0.39 is 0 Å². The first-order valence-electron chi connectivity index (χ1n) is 8.01. The molecule has 0 fully saturated rings. The number of aromatic nitrogens is 2. The van der Waals surface area contributed by atoms with Crippen molar-refractivity contribution < 1.29 is 4.74 Å². The third-order valence-corrected chi connectivity index (χ3v) is 4.55. The molecule has 25 heavy (non-hydrogen) atoms. The molecule has 1 aromatic carbocycles. The molecule has 0 saturated heterocycles. The fourth-order valence-electron chi connectivity index (χ4n) is 2.58. The maximum absolute atomic E-state index is 5.62. The lowest BCUT2D eigenvalue weighted by Gasteiger charge is -2.04. The van der Waals surface area contributed by atoms with Crippen LogP contribution < -0.4 is 4.74 Å². The monoisotopic (exact) mass is 348 g/mol. The number of benzene rings is 1. The van der Waals surface area contributed by atoms with Crippen molar-refractivity contribution in [1.29, 1.82) is 0 Å². The minimum absolute atomic E-state index is 0.586. The highest BCUT2D eigenvalue weighted by Crippen LogP contribution is 2.36. The van der Waals surface area contributed by atoms with Gasteiger partial charge in [-0.2, -0.15) is 0 Å². The Bertz CT molecular complexity index is 1020. The maximum Gasteiger partial charge on any atom is 0.188 e. The number of para-hydroxylation sites is 1. The third kappa shape index (κ3) is 3.04. The first kappa shape index (κ1) is 15.5. The van der Waals surface area contributed by atoms with Gasteiger partial charge in [0, 0.05) is 6.20 Å². The molecule has 4 aromatic rings. The van der Waals surface area contributed by atoms with Crippen LogP contribution in [-0.2, 0) is 0 Å². The minimum atomic E-state index is 0.586. The van der Waals surface area contributed by atoms with E-state index >= 15 is 0 Å². The topological polar surface area (TPSA) is 51.2 Å². The molecule has 0 aliphatic carbocycles. The summed E-state index contributed by atoms with van der Waals surface area (Å²) in [5.41, 5.74) is 2.38. The smallest absolute Gasteiger partial charge is 0.188 e. The summed E-state index contributed by atoms with van der Waals surface area (Å²) in [7, 11) is 0. The quantitative estimate of drug-likeness (QED) is 0.423. The fraction of sp³-hybridized carbons (Fsp3) is 0.105. The van der Waals surface area contributed by atoms with Gasteiger partial charge < -0.3 is 4.74 Å². The van der Waals surface area contributed by atoms with Gasteiger partial charge in [0.05, 0.1) is 11.5 Å². The number of nitrogens with zero attached hydrogens (tertiary/aromatic N) is 4. The van der Waals surface area contributed by atoms with E-state index in [4.69, 9.17) is 9.72 Å². The molecule has 0 bridgehead atoms. The largest absolute Gasteiger partial charge is 0.492 e. The van der Waals surface area contributed by atoms with Crippen LogP contribution in [0.15, 0.2) is 76.4 Å². The number of pyridine rings is 1. The van der Waals surface area contributed by atoms with Gasteiger partial charge in [0.2, 0.25) is 0 Å². The molecule has 0 atom stereocenters. The summed E-state index contributed by atoms with van der Waals surface area (Å²) in [6.07, 6.45) is 1.95. The lowest BCUT2D eigenvalue weighted by atomic mass is 10.3. The SMILES string of the molecule is CCOc1ccccc1N=Nc1c(-c2cccs2)nc2ccccn12. The van der Waals surface area contributed by atoms with Crippen LogP contribution in [0.3, 0.4) is 0 Å². The highest BCUT2D eigenvalue weighted by atomic mass is 32.1.